The molecule has 96 valence electrons. The Morgan fingerprint density at radius 3 is 2.76 bits per heavy atom. The molecule has 1 atom stereocenters. The molecule has 1 saturated heterocycles. The van der Waals surface area contributed by atoms with Crippen molar-refractivity contribution in [1.29, 1.82) is 0 Å². The van der Waals surface area contributed by atoms with Crippen LogP contribution >= 0.6 is 0 Å². The van der Waals surface area contributed by atoms with Crippen molar-refractivity contribution in [2.75, 3.05) is 26.2 Å². The van der Waals surface area contributed by atoms with E-state index in [9.17, 15) is 9.59 Å². The van der Waals surface area contributed by atoms with Crippen LogP contribution in [0.1, 0.15) is 19.8 Å². The molecule has 1 unspecified atom stereocenters. The molecule has 2 N–H and O–H groups in total. The monoisotopic (exact) mass is 241 g/mol. The quantitative estimate of drug-likeness (QED) is 0.722. The number of carbonyl (C=O) groups is 2. The topological polar surface area (TPSA) is 75.9 Å². The summed E-state index contributed by atoms with van der Waals surface area (Å²) >= 11 is 0. The van der Waals surface area contributed by atoms with E-state index in [4.69, 9.17) is 10.5 Å². The van der Waals surface area contributed by atoms with Crippen LogP contribution in [0.25, 0.3) is 0 Å². The second-order valence-corrected chi connectivity index (χ2v) is 4.53. The number of hydrogen-bond donors (Lipinski definition) is 1. The second kappa shape index (κ2) is 4.91. The fraction of sp³-hybridized carbons (Fsp3) is 0.818. The lowest BCUT2D eigenvalue weighted by Gasteiger charge is -2.22. The van der Waals surface area contributed by atoms with E-state index in [-0.39, 0.29) is 18.6 Å². The molecular formula is C11H19N3O3. The van der Waals surface area contributed by atoms with Crippen molar-refractivity contribution in [1.82, 2.24) is 9.80 Å². The summed E-state index contributed by atoms with van der Waals surface area (Å²) < 4.78 is 5.00. The Morgan fingerprint density at radius 2 is 2.29 bits per heavy atom. The molecule has 2 fully saturated rings. The van der Waals surface area contributed by atoms with Gasteiger partial charge in [-0.25, -0.2) is 4.79 Å². The number of carbonyl (C=O) groups excluding carboxylic acids is 2. The van der Waals surface area contributed by atoms with Gasteiger partial charge in [-0.3, -0.25) is 9.69 Å². The zero-order valence-corrected chi connectivity index (χ0v) is 10.1. The van der Waals surface area contributed by atoms with Crippen LogP contribution in [0.15, 0.2) is 0 Å². The molecule has 17 heavy (non-hydrogen) atoms. The zero-order chi connectivity index (χ0) is 12.4. The molecule has 1 aliphatic carbocycles. The number of nitrogens with two attached hydrogens (primary N) is 1. The molecular weight excluding hydrogens is 222 g/mol. The summed E-state index contributed by atoms with van der Waals surface area (Å²) in [5.74, 6) is 0.00428. The molecule has 6 heteroatoms. The number of ether oxygens (including phenoxy) is 1. The molecule has 1 saturated carbocycles. The summed E-state index contributed by atoms with van der Waals surface area (Å²) in [4.78, 5) is 26.7. The summed E-state index contributed by atoms with van der Waals surface area (Å²) in [7, 11) is 0. The highest BCUT2D eigenvalue weighted by molar-refractivity contribution is 5.83. The molecule has 0 aromatic rings. The fourth-order valence-corrected chi connectivity index (χ4v) is 2.10. The third-order valence-electron chi connectivity index (χ3n) is 3.19. The molecule has 0 aromatic carbocycles. The van der Waals surface area contributed by atoms with Gasteiger partial charge in [-0.1, -0.05) is 0 Å². The van der Waals surface area contributed by atoms with Crippen LogP contribution in [0.4, 0.5) is 4.79 Å². The van der Waals surface area contributed by atoms with E-state index < -0.39 is 6.09 Å². The fourth-order valence-electron chi connectivity index (χ4n) is 2.10. The summed E-state index contributed by atoms with van der Waals surface area (Å²) in [6, 6.07) is 0.386. The Balaban J connectivity index is 1.87. The first-order valence-corrected chi connectivity index (χ1v) is 6.10. The predicted octanol–water partition coefficient (Wildman–Crippen LogP) is -0.223. The normalized spacial score (nSPS) is 23.8. The summed E-state index contributed by atoms with van der Waals surface area (Å²) in [5, 5.41) is 0. The molecule has 6 nitrogen and oxygen atoms in total. The maximum atomic E-state index is 12.0. The highest BCUT2D eigenvalue weighted by atomic mass is 16.6. The van der Waals surface area contributed by atoms with Crippen molar-refractivity contribution in [3.8, 4) is 0 Å². The Labute approximate surface area is 101 Å². The molecule has 1 heterocycles. The van der Waals surface area contributed by atoms with Gasteiger partial charge in [-0.2, -0.15) is 0 Å². The van der Waals surface area contributed by atoms with E-state index in [1.165, 1.54) is 4.90 Å². The third kappa shape index (κ3) is 2.69. The van der Waals surface area contributed by atoms with Crippen molar-refractivity contribution < 1.29 is 14.3 Å². The Kier molecular flexibility index (Phi) is 3.51. The number of likely N-dealkylation sites (N-methyl/N-ethyl adjacent to an activating group) is 1. The maximum Gasteiger partial charge on any atom is 0.410 e. The van der Waals surface area contributed by atoms with Crippen LogP contribution in [-0.2, 0) is 9.53 Å². The molecule has 2 amide bonds. The first kappa shape index (κ1) is 12.2. The Hall–Kier alpha value is -1.30. The van der Waals surface area contributed by atoms with Gasteiger partial charge in [0.1, 0.15) is 12.6 Å². The van der Waals surface area contributed by atoms with Gasteiger partial charge in [0.05, 0.1) is 6.54 Å². The van der Waals surface area contributed by atoms with Crippen molar-refractivity contribution >= 4 is 12.0 Å². The zero-order valence-electron chi connectivity index (χ0n) is 10.1. The predicted molar refractivity (Wildman–Crippen MR) is 61.3 cm³/mol. The van der Waals surface area contributed by atoms with Gasteiger partial charge in [0.25, 0.3) is 0 Å². The van der Waals surface area contributed by atoms with Crippen LogP contribution in [0, 0.1) is 0 Å². The Bertz CT molecular complexity index is 317. The SMILES string of the molecule is CCN(C(=O)CN1CC(CN)OC1=O)C1CC1. The largest absolute Gasteiger partial charge is 0.443 e. The lowest BCUT2D eigenvalue weighted by atomic mass is 10.3. The van der Waals surface area contributed by atoms with Crippen LogP contribution in [0.3, 0.4) is 0 Å². The average molecular weight is 241 g/mol. The lowest BCUT2D eigenvalue weighted by Crippen LogP contribution is -2.42. The maximum absolute atomic E-state index is 12.0. The van der Waals surface area contributed by atoms with Crippen molar-refractivity contribution in [2.45, 2.75) is 31.9 Å². The van der Waals surface area contributed by atoms with Crippen molar-refractivity contribution in [2.24, 2.45) is 5.73 Å². The summed E-state index contributed by atoms with van der Waals surface area (Å²) in [6.45, 7) is 3.49. The van der Waals surface area contributed by atoms with Gasteiger partial charge in [-0.15, -0.1) is 0 Å². The minimum atomic E-state index is -0.430. The van der Waals surface area contributed by atoms with Crippen molar-refractivity contribution in [3.05, 3.63) is 0 Å². The minimum absolute atomic E-state index is 0.00428. The number of nitrogens with zero attached hydrogens (tertiary/aromatic N) is 2. The summed E-state index contributed by atoms with van der Waals surface area (Å²) in [6.07, 6.45) is 1.46. The van der Waals surface area contributed by atoms with Crippen molar-refractivity contribution in [3.63, 3.8) is 0 Å². The highest BCUT2D eigenvalue weighted by Crippen LogP contribution is 2.26. The average Bonchev–Trinajstić information content (AvgIpc) is 3.06. The first-order chi connectivity index (χ1) is 8.15. The highest BCUT2D eigenvalue weighted by Gasteiger charge is 2.36. The lowest BCUT2D eigenvalue weighted by molar-refractivity contribution is -0.132. The smallest absolute Gasteiger partial charge is 0.410 e. The van der Waals surface area contributed by atoms with E-state index in [1.807, 2.05) is 11.8 Å². The van der Waals surface area contributed by atoms with Gasteiger partial charge in [0, 0.05) is 19.1 Å². The standard InChI is InChI=1S/C11H19N3O3/c1-2-14(8-3-4-8)10(15)7-13-6-9(5-12)17-11(13)16/h8-9H,2-7,12H2,1H3. The molecule has 0 radical (unpaired) electrons. The van der Waals surface area contributed by atoms with Gasteiger partial charge in [0.15, 0.2) is 0 Å². The van der Waals surface area contributed by atoms with E-state index in [0.717, 1.165) is 12.8 Å². The van der Waals surface area contributed by atoms with Crippen LogP contribution in [-0.4, -0.2) is 60.1 Å². The Morgan fingerprint density at radius 1 is 1.59 bits per heavy atom. The van der Waals surface area contributed by atoms with Gasteiger partial charge >= 0.3 is 6.09 Å². The molecule has 0 bridgehead atoms. The molecule has 0 aromatic heterocycles. The van der Waals surface area contributed by atoms with Gasteiger partial charge in [0.2, 0.25) is 5.91 Å². The molecule has 2 aliphatic rings. The number of cyclic esters (lactones) is 1. The molecule has 2 rings (SSSR count). The number of hydrogen-bond acceptors (Lipinski definition) is 4. The van der Waals surface area contributed by atoms with Crippen LogP contribution in [0.2, 0.25) is 0 Å². The molecule has 0 spiro atoms. The first-order valence-electron chi connectivity index (χ1n) is 6.10. The number of rotatable bonds is 5. The van der Waals surface area contributed by atoms with Gasteiger partial charge < -0.3 is 15.4 Å². The van der Waals surface area contributed by atoms with Crippen LogP contribution in [0.5, 0.6) is 0 Å². The van der Waals surface area contributed by atoms with E-state index in [1.54, 1.807) is 0 Å². The van der Waals surface area contributed by atoms with Crippen LogP contribution < -0.4 is 5.73 Å². The van der Waals surface area contributed by atoms with E-state index in [0.29, 0.717) is 25.7 Å². The number of amides is 2. The van der Waals surface area contributed by atoms with Gasteiger partial charge in [-0.05, 0) is 19.8 Å². The van der Waals surface area contributed by atoms with E-state index >= 15 is 0 Å². The minimum Gasteiger partial charge on any atom is -0.443 e. The third-order valence-corrected chi connectivity index (χ3v) is 3.19. The van der Waals surface area contributed by atoms with E-state index in [2.05, 4.69) is 0 Å². The molecule has 1 aliphatic heterocycles. The summed E-state index contributed by atoms with van der Waals surface area (Å²) in [5.41, 5.74) is 5.43. The second-order valence-electron chi connectivity index (χ2n) is 4.53.